The third-order valence-corrected chi connectivity index (χ3v) is 3.86. The van der Waals surface area contributed by atoms with Gasteiger partial charge in [-0.2, -0.15) is 0 Å². The number of rotatable bonds is 5. The molecule has 0 aromatic carbocycles. The summed E-state index contributed by atoms with van der Waals surface area (Å²) in [7, 11) is 1.30. The van der Waals surface area contributed by atoms with Crippen LogP contribution in [-0.2, 0) is 14.3 Å². The van der Waals surface area contributed by atoms with E-state index in [9.17, 15) is 9.59 Å². The summed E-state index contributed by atoms with van der Waals surface area (Å²) in [5.41, 5.74) is 0. The summed E-state index contributed by atoms with van der Waals surface area (Å²) in [4.78, 5) is 23.2. The molecule has 0 radical (unpaired) electrons. The van der Waals surface area contributed by atoms with Gasteiger partial charge in [-0.25, -0.2) is 4.79 Å². The van der Waals surface area contributed by atoms with Crippen LogP contribution in [-0.4, -0.2) is 25.2 Å². The van der Waals surface area contributed by atoms with Crippen LogP contribution < -0.4 is 0 Å². The van der Waals surface area contributed by atoms with E-state index in [1.807, 2.05) is 13.8 Å². The van der Waals surface area contributed by atoms with E-state index in [0.29, 0.717) is 12.3 Å². The summed E-state index contributed by atoms with van der Waals surface area (Å²) in [6.45, 7) is 3.70. The summed E-state index contributed by atoms with van der Waals surface area (Å²) in [5.74, 6) is 0.204. The molecule has 1 aliphatic carbocycles. The summed E-state index contributed by atoms with van der Waals surface area (Å²) in [6.07, 6.45) is 5.07. The van der Waals surface area contributed by atoms with Gasteiger partial charge in [-0.1, -0.05) is 33.1 Å². The molecule has 104 valence electrons. The Hall–Kier alpha value is -1.06. The van der Waals surface area contributed by atoms with E-state index < -0.39 is 6.16 Å². The fourth-order valence-electron chi connectivity index (χ4n) is 2.73. The second-order valence-corrected chi connectivity index (χ2v) is 5.04. The highest BCUT2D eigenvalue weighted by molar-refractivity contribution is 5.81. The topological polar surface area (TPSA) is 52.6 Å². The molecular weight excluding hydrogens is 232 g/mol. The number of ketones is 1. The van der Waals surface area contributed by atoms with Crippen molar-refractivity contribution in [2.75, 3.05) is 7.11 Å². The lowest BCUT2D eigenvalue weighted by Crippen LogP contribution is -2.37. The molecule has 0 unspecified atom stereocenters. The molecule has 0 amide bonds. The van der Waals surface area contributed by atoms with Crippen LogP contribution in [0.4, 0.5) is 4.79 Å². The molecule has 0 saturated heterocycles. The molecule has 0 aromatic rings. The van der Waals surface area contributed by atoms with Gasteiger partial charge in [-0.05, 0) is 18.8 Å². The molecule has 18 heavy (non-hydrogen) atoms. The minimum atomic E-state index is -0.679. The van der Waals surface area contributed by atoms with Crippen molar-refractivity contribution in [1.82, 2.24) is 0 Å². The monoisotopic (exact) mass is 256 g/mol. The lowest BCUT2D eigenvalue weighted by molar-refractivity contribution is -0.128. The zero-order chi connectivity index (χ0) is 13.5. The molecule has 4 nitrogen and oxygen atoms in total. The minimum Gasteiger partial charge on any atom is -0.438 e. The molecule has 1 aliphatic rings. The Morgan fingerprint density at radius 2 is 1.83 bits per heavy atom. The summed E-state index contributed by atoms with van der Waals surface area (Å²) < 4.78 is 9.90. The minimum absolute atomic E-state index is 0.148. The van der Waals surface area contributed by atoms with Gasteiger partial charge in [0.1, 0.15) is 11.9 Å². The maximum absolute atomic E-state index is 11.8. The molecule has 4 heteroatoms. The van der Waals surface area contributed by atoms with Gasteiger partial charge in [0.25, 0.3) is 0 Å². The van der Waals surface area contributed by atoms with Crippen LogP contribution in [0.1, 0.15) is 52.4 Å². The molecule has 1 rings (SSSR count). The average Bonchev–Trinajstić information content (AvgIpc) is 2.43. The van der Waals surface area contributed by atoms with Crippen LogP contribution >= 0.6 is 0 Å². The van der Waals surface area contributed by atoms with Crippen LogP contribution in [0, 0.1) is 11.8 Å². The molecule has 0 heterocycles. The quantitative estimate of drug-likeness (QED) is 0.708. The third kappa shape index (κ3) is 4.00. The van der Waals surface area contributed by atoms with Gasteiger partial charge in [-0.15, -0.1) is 0 Å². The first-order chi connectivity index (χ1) is 8.60. The van der Waals surface area contributed by atoms with E-state index in [4.69, 9.17) is 4.74 Å². The van der Waals surface area contributed by atoms with Crippen molar-refractivity contribution in [3.63, 3.8) is 0 Å². The standard InChI is InChI=1S/C14H24O4/c1-4-12(15)10(2)13(18-14(16)17-3)11-8-6-5-7-9-11/h10-11,13H,4-9H2,1-3H3/t10-,13-/m1/s1. The Morgan fingerprint density at radius 1 is 1.22 bits per heavy atom. The number of hydrogen-bond donors (Lipinski definition) is 0. The molecule has 1 fully saturated rings. The molecule has 0 N–H and O–H groups in total. The van der Waals surface area contributed by atoms with Gasteiger partial charge in [0.15, 0.2) is 0 Å². The van der Waals surface area contributed by atoms with Gasteiger partial charge in [0.2, 0.25) is 0 Å². The number of methoxy groups -OCH3 is 1. The normalized spacial score (nSPS) is 19.9. The first kappa shape index (κ1) is 15.0. The highest BCUT2D eigenvalue weighted by atomic mass is 16.7. The van der Waals surface area contributed by atoms with Crippen LogP contribution in [0.15, 0.2) is 0 Å². The summed E-state index contributed by atoms with van der Waals surface area (Å²) in [6, 6.07) is 0. The van der Waals surface area contributed by atoms with Crippen LogP contribution in [0.5, 0.6) is 0 Å². The van der Waals surface area contributed by atoms with Crippen molar-refractivity contribution in [2.24, 2.45) is 11.8 Å². The van der Waals surface area contributed by atoms with Crippen molar-refractivity contribution < 1.29 is 19.1 Å². The maximum atomic E-state index is 11.8. The smallest absolute Gasteiger partial charge is 0.438 e. The Balaban J connectivity index is 2.72. The maximum Gasteiger partial charge on any atom is 0.508 e. The van der Waals surface area contributed by atoms with Gasteiger partial charge >= 0.3 is 6.16 Å². The molecule has 0 aromatic heterocycles. The van der Waals surface area contributed by atoms with Gasteiger partial charge < -0.3 is 9.47 Å². The summed E-state index contributed by atoms with van der Waals surface area (Å²) >= 11 is 0. The van der Waals surface area contributed by atoms with E-state index in [2.05, 4.69) is 4.74 Å². The van der Waals surface area contributed by atoms with Gasteiger partial charge in [0.05, 0.1) is 13.0 Å². The number of ether oxygens (including phenoxy) is 2. The number of carbonyl (C=O) groups is 2. The van der Waals surface area contributed by atoms with E-state index >= 15 is 0 Å². The van der Waals surface area contributed by atoms with Crippen molar-refractivity contribution in [3.8, 4) is 0 Å². The van der Waals surface area contributed by atoms with E-state index in [1.54, 1.807) is 0 Å². The van der Waals surface area contributed by atoms with E-state index in [0.717, 1.165) is 25.7 Å². The molecular formula is C14H24O4. The van der Waals surface area contributed by atoms with E-state index in [-0.39, 0.29) is 17.8 Å². The van der Waals surface area contributed by atoms with Gasteiger partial charge in [0, 0.05) is 6.42 Å². The van der Waals surface area contributed by atoms with Crippen LogP contribution in [0.25, 0.3) is 0 Å². The van der Waals surface area contributed by atoms with Gasteiger partial charge in [-0.3, -0.25) is 4.79 Å². The second-order valence-electron chi connectivity index (χ2n) is 5.04. The number of carbonyl (C=O) groups excluding carboxylic acids is 2. The van der Waals surface area contributed by atoms with Crippen LogP contribution in [0.3, 0.4) is 0 Å². The number of Topliss-reactive ketones (excluding diaryl/α,β-unsaturated/α-hetero) is 1. The number of hydrogen-bond acceptors (Lipinski definition) is 4. The van der Waals surface area contributed by atoms with Crippen molar-refractivity contribution >= 4 is 11.9 Å². The third-order valence-electron chi connectivity index (χ3n) is 3.86. The molecule has 0 aliphatic heterocycles. The van der Waals surface area contributed by atoms with E-state index in [1.165, 1.54) is 13.5 Å². The second kappa shape index (κ2) is 7.39. The first-order valence-corrected chi connectivity index (χ1v) is 6.87. The zero-order valence-corrected chi connectivity index (χ0v) is 11.6. The Kier molecular flexibility index (Phi) is 6.16. The fraction of sp³-hybridized carbons (Fsp3) is 0.857. The lowest BCUT2D eigenvalue weighted by atomic mass is 9.79. The predicted octanol–water partition coefficient (Wildman–Crippen LogP) is 3.33. The molecule has 0 bridgehead atoms. The predicted molar refractivity (Wildman–Crippen MR) is 68.3 cm³/mol. The fourth-order valence-corrected chi connectivity index (χ4v) is 2.73. The Morgan fingerprint density at radius 3 is 2.33 bits per heavy atom. The SMILES string of the molecule is CCC(=O)[C@@H](C)[C@@H](OC(=O)OC)C1CCCCC1. The first-order valence-electron chi connectivity index (χ1n) is 6.87. The van der Waals surface area contributed by atoms with Crippen molar-refractivity contribution in [3.05, 3.63) is 0 Å². The highest BCUT2D eigenvalue weighted by Gasteiger charge is 2.34. The average molecular weight is 256 g/mol. The molecule has 2 atom stereocenters. The van der Waals surface area contributed by atoms with Crippen LogP contribution in [0.2, 0.25) is 0 Å². The highest BCUT2D eigenvalue weighted by Crippen LogP contribution is 2.32. The Labute approximate surface area is 109 Å². The van der Waals surface area contributed by atoms with Crippen molar-refractivity contribution in [2.45, 2.75) is 58.5 Å². The lowest BCUT2D eigenvalue weighted by Gasteiger charge is -2.32. The largest absolute Gasteiger partial charge is 0.508 e. The Bertz CT molecular complexity index is 282. The molecule has 1 saturated carbocycles. The molecule has 0 spiro atoms. The zero-order valence-electron chi connectivity index (χ0n) is 11.6. The summed E-state index contributed by atoms with van der Waals surface area (Å²) in [5, 5.41) is 0. The van der Waals surface area contributed by atoms with Crippen molar-refractivity contribution in [1.29, 1.82) is 0 Å².